The maximum Gasteiger partial charge on any atom is 0.248 e. The maximum absolute atomic E-state index is 12.7. The number of anilines is 2. The van der Waals surface area contributed by atoms with Crippen LogP contribution in [0.3, 0.4) is 0 Å². The number of rotatable bonds is 10. The van der Waals surface area contributed by atoms with E-state index in [1.807, 2.05) is 104 Å². The third kappa shape index (κ3) is 6.78. The number of carbonyl (C=O) groups excluding carboxylic acids is 1. The van der Waals surface area contributed by atoms with Crippen molar-refractivity contribution in [3.05, 3.63) is 145 Å². The minimum absolute atomic E-state index is 0.250. The van der Waals surface area contributed by atoms with Crippen LogP contribution in [0.15, 0.2) is 128 Å². The molecule has 0 fully saturated rings. The molecule has 0 unspecified atom stereocenters. The van der Waals surface area contributed by atoms with E-state index in [-0.39, 0.29) is 5.91 Å². The Morgan fingerprint density at radius 1 is 0.838 bits per heavy atom. The summed E-state index contributed by atoms with van der Waals surface area (Å²) < 4.78 is 0. The van der Waals surface area contributed by atoms with Crippen LogP contribution in [0.5, 0.6) is 0 Å². The zero-order chi connectivity index (χ0) is 25.9. The van der Waals surface area contributed by atoms with E-state index in [0.717, 1.165) is 11.1 Å². The molecule has 0 saturated carbocycles. The molecule has 1 amide bonds. The fourth-order valence-electron chi connectivity index (χ4n) is 4.22. The number of benzene rings is 2. The van der Waals surface area contributed by atoms with Crippen LogP contribution < -0.4 is 10.6 Å². The van der Waals surface area contributed by atoms with Crippen molar-refractivity contribution in [2.75, 3.05) is 10.6 Å². The lowest BCUT2D eigenvalue weighted by molar-refractivity contribution is -0.111. The van der Waals surface area contributed by atoms with E-state index >= 15 is 0 Å². The summed E-state index contributed by atoms with van der Waals surface area (Å²) in [7, 11) is 0. The molecule has 6 nitrogen and oxygen atoms in total. The number of carbonyl (C=O) groups is 1. The highest BCUT2D eigenvalue weighted by Crippen LogP contribution is 2.43. The molecule has 0 aliphatic heterocycles. The molecule has 2 aromatic carbocycles. The van der Waals surface area contributed by atoms with Crippen molar-refractivity contribution in [1.29, 1.82) is 0 Å². The summed E-state index contributed by atoms with van der Waals surface area (Å²) in [4.78, 5) is 21.8. The Balaban J connectivity index is 1.83. The zero-order valence-corrected chi connectivity index (χ0v) is 20.6. The third-order valence-electron chi connectivity index (χ3n) is 5.94. The first-order valence-corrected chi connectivity index (χ1v) is 12.2. The molecule has 186 valence electrons. The number of nitrogens with zero attached hydrogens (tertiary/aromatic N) is 2. The van der Waals surface area contributed by atoms with Crippen molar-refractivity contribution < 1.29 is 9.90 Å². The van der Waals surface area contributed by atoms with Gasteiger partial charge in [-0.25, -0.2) is 4.98 Å². The number of nitrogens with one attached hydrogen (secondary N) is 2. The molecule has 0 aliphatic carbocycles. The largest absolute Gasteiger partial charge is 0.388 e. The lowest BCUT2D eigenvalue weighted by Gasteiger charge is -2.33. The van der Waals surface area contributed by atoms with Crippen molar-refractivity contribution >= 4 is 17.4 Å². The highest BCUT2D eigenvalue weighted by atomic mass is 16.3. The predicted molar refractivity (Wildman–Crippen MR) is 148 cm³/mol. The van der Waals surface area contributed by atoms with Crippen molar-refractivity contribution in [2.45, 2.75) is 25.0 Å². The monoisotopic (exact) mass is 490 g/mol. The molecule has 3 atom stereocenters. The molecule has 37 heavy (non-hydrogen) atoms. The molecule has 0 saturated heterocycles. The molecule has 3 N–H and O–H groups in total. The van der Waals surface area contributed by atoms with E-state index in [1.54, 1.807) is 24.5 Å². The second kappa shape index (κ2) is 13.0. The van der Waals surface area contributed by atoms with Gasteiger partial charge in [0.15, 0.2) is 0 Å². The SMILES string of the molecule is CC=CC=CC(=O)Nc1ccccc1[C@@H](Nc1ccccn1)[C@H](c1ccccn1)[C@H](O)c1ccccc1. The summed E-state index contributed by atoms with van der Waals surface area (Å²) in [6, 6.07) is 27.9. The van der Waals surface area contributed by atoms with Crippen LogP contribution in [-0.2, 0) is 4.79 Å². The molecule has 4 rings (SSSR count). The lowest BCUT2D eigenvalue weighted by Crippen LogP contribution is -2.27. The quantitative estimate of drug-likeness (QED) is 0.182. The average Bonchev–Trinajstić information content (AvgIpc) is 2.95. The van der Waals surface area contributed by atoms with Gasteiger partial charge in [-0.2, -0.15) is 0 Å². The van der Waals surface area contributed by atoms with Crippen LogP contribution >= 0.6 is 0 Å². The van der Waals surface area contributed by atoms with Gasteiger partial charge >= 0.3 is 0 Å². The van der Waals surface area contributed by atoms with E-state index in [9.17, 15) is 9.90 Å². The molecule has 0 bridgehead atoms. The third-order valence-corrected chi connectivity index (χ3v) is 5.94. The number of aliphatic hydroxyl groups excluding tert-OH is 1. The molecular weight excluding hydrogens is 460 g/mol. The molecule has 0 radical (unpaired) electrons. The van der Waals surface area contributed by atoms with E-state index in [1.165, 1.54) is 6.08 Å². The Morgan fingerprint density at radius 3 is 2.24 bits per heavy atom. The minimum Gasteiger partial charge on any atom is -0.388 e. The molecule has 0 aliphatic rings. The number of aromatic nitrogens is 2. The summed E-state index contributed by atoms with van der Waals surface area (Å²) in [5.41, 5.74) is 2.90. The number of para-hydroxylation sites is 1. The molecular formula is C31H30N4O2. The molecule has 4 aromatic rings. The number of allylic oxidation sites excluding steroid dienone is 3. The average molecular weight is 491 g/mol. The van der Waals surface area contributed by atoms with Gasteiger partial charge in [0.1, 0.15) is 5.82 Å². The Kier molecular flexibility index (Phi) is 8.94. The van der Waals surface area contributed by atoms with Gasteiger partial charge in [0.05, 0.1) is 18.1 Å². The van der Waals surface area contributed by atoms with E-state index in [0.29, 0.717) is 17.2 Å². The summed E-state index contributed by atoms with van der Waals surface area (Å²) in [5.74, 6) is -0.120. The smallest absolute Gasteiger partial charge is 0.248 e. The fourth-order valence-corrected chi connectivity index (χ4v) is 4.22. The fraction of sp³-hybridized carbons (Fsp3) is 0.129. The van der Waals surface area contributed by atoms with Crippen molar-refractivity contribution in [1.82, 2.24) is 9.97 Å². The zero-order valence-electron chi connectivity index (χ0n) is 20.6. The van der Waals surface area contributed by atoms with Gasteiger partial charge in [-0.1, -0.05) is 78.9 Å². The van der Waals surface area contributed by atoms with Gasteiger partial charge in [-0.15, -0.1) is 0 Å². The van der Waals surface area contributed by atoms with Crippen LogP contribution in [0, 0.1) is 0 Å². The molecule has 2 aromatic heterocycles. The number of hydrogen-bond acceptors (Lipinski definition) is 5. The Labute approximate surface area is 217 Å². The first-order valence-electron chi connectivity index (χ1n) is 12.2. The Hall–Kier alpha value is -4.55. The molecule has 0 spiro atoms. The van der Waals surface area contributed by atoms with Gasteiger partial charge in [0.25, 0.3) is 0 Å². The number of pyridine rings is 2. The van der Waals surface area contributed by atoms with Crippen molar-refractivity contribution in [3.63, 3.8) is 0 Å². The second-order valence-electron chi connectivity index (χ2n) is 8.43. The highest BCUT2D eigenvalue weighted by molar-refractivity contribution is 6.00. The summed E-state index contributed by atoms with van der Waals surface area (Å²) in [6.45, 7) is 1.89. The summed E-state index contributed by atoms with van der Waals surface area (Å²) in [6.07, 6.45) is 9.36. The van der Waals surface area contributed by atoms with Gasteiger partial charge in [0, 0.05) is 29.9 Å². The predicted octanol–water partition coefficient (Wildman–Crippen LogP) is 6.22. The van der Waals surface area contributed by atoms with E-state index in [2.05, 4.69) is 20.6 Å². The number of aliphatic hydroxyl groups is 1. The number of hydrogen-bond donors (Lipinski definition) is 3. The Morgan fingerprint density at radius 2 is 1.54 bits per heavy atom. The summed E-state index contributed by atoms with van der Waals surface area (Å²) >= 11 is 0. The Bertz CT molecular complexity index is 1330. The van der Waals surface area contributed by atoms with Crippen LogP contribution in [0.1, 0.15) is 41.8 Å². The van der Waals surface area contributed by atoms with E-state index in [4.69, 9.17) is 0 Å². The molecule has 6 heteroatoms. The van der Waals surface area contributed by atoms with Crippen molar-refractivity contribution in [2.24, 2.45) is 0 Å². The van der Waals surface area contributed by atoms with Gasteiger partial charge in [-0.05, 0) is 48.4 Å². The first-order chi connectivity index (χ1) is 18.2. The van der Waals surface area contributed by atoms with Crippen molar-refractivity contribution in [3.8, 4) is 0 Å². The van der Waals surface area contributed by atoms with Crippen LogP contribution in [0.4, 0.5) is 11.5 Å². The topological polar surface area (TPSA) is 87.1 Å². The van der Waals surface area contributed by atoms with E-state index < -0.39 is 18.1 Å². The number of amides is 1. The first kappa shape index (κ1) is 25.5. The van der Waals surface area contributed by atoms with Gasteiger partial charge in [-0.3, -0.25) is 9.78 Å². The maximum atomic E-state index is 12.7. The van der Waals surface area contributed by atoms with Gasteiger partial charge < -0.3 is 15.7 Å². The summed E-state index contributed by atoms with van der Waals surface area (Å²) in [5, 5.41) is 18.3. The van der Waals surface area contributed by atoms with Crippen LogP contribution in [0.2, 0.25) is 0 Å². The van der Waals surface area contributed by atoms with Crippen LogP contribution in [0.25, 0.3) is 0 Å². The minimum atomic E-state index is -0.893. The highest BCUT2D eigenvalue weighted by Gasteiger charge is 2.35. The standard InChI is InChI=1S/C31H30N4O2/c1-2-3-5-20-28(36)34-25-17-9-8-16-24(25)30(35-27-19-11-13-22-33-27)29(26-18-10-12-21-32-26)31(37)23-14-6-4-7-15-23/h2-22,29-31,37H,1H3,(H,33,35)(H,34,36)/t29-,30+,31+/m0/s1. The second-order valence-corrected chi connectivity index (χ2v) is 8.43. The van der Waals surface area contributed by atoms with Gasteiger partial charge in [0.2, 0.25) is 5.91 Å². The lowest BCUT2D eigenvalue weighted by atomic mass is 9.82. The molecule has 2 heterocycles. The van der Waals surface area contributed by atoms with Crippen LogP contribution in [-0.4, -0.2) is 21.0 Å². The normalized spacial score (nSPS) is 13.8.